The van der Waals surface area contributed by atoms with Gasteiger partial charge in [-0.05, 0) is 50.7 Å². The summed E-state index contributed by atoms with van der Waals surface area (Å²) < 4.78 is 16.4. The monoisotopic (exact) mass is 507 g/mol. The summed E-state index contributed by atoms with van der Waals surface area (Å²) in [7, 11) is 3.22. The highest BCUT2D eigenvalue weighted by molar-refractivity contribution is 6.08. The van der Waals surface area contributed by atoms with Gasteiger partial charge in [-0.15, -0.1) is 0 Å². The molecule has 5 rings (SSSR count). The molecular formula is C27H33N5O5. The molecule has 3 aromatic rings. The number of hydrogen-bond acceptors (Lipinski definition) is 7. The lowest BCUT2D eigenvalue weighted by Gasteiger charge is -2.29. The van der Waals surface area contributed by atoms with Crippen LogP contribution in [0, 0.1) is 5.92 Å². The number of nitrogens with one attached hydrogen (secondary N) is 3. The van der Waals surface area contributed by atoms with Crippen molar-refractivity contribution in [1.29, 1.82) is 0 Å². The van der Waals surface area contributed by atoms with Gasteiger partial charge in [0.2, 0.25) is 5.91 Å². The third-order valence-corrected chi connectivity index (χ3v) is 7.05. The minimum Gasteiger partial charge on any atom is -0.497 e. The van der Waals surface area contributed by atoms with E-state index in [9.17, 15) is 9.59 Å². The van der Waals surface area contributed by atoms with Gasteiger partial charge in [0.1, 0.15) is 35.6 Å². The average Bonchev–Trinajstić information content (AvgIpc) is 3.68. The minimum absolute atomic E-state index is 0.0650. The molecule has 2 fully saturated rings. The van der Waals surface area contributed by atoms with Crippen molar-refractivity contribution in [2.75, 3.05) is 27.4 Å². The molecule has 0 spiro atoms. The summed E-state index contributed by atoms with van der Waals surface area (Å²) in [6.45, 7) is 0.813. The van der Waals surface area contributed by atoms with E-state index in [1.807, 2.05) is 12.1 Å². The number of nitrogens with zero attached hydrogens (tertiary/aromatic N) is 2. The fourth-order valence-electron chi connectivity index (χ4n) is 4.81. The molecule has 196 valence electrons. The summed E-state index contributed by atoms with van der Waals surface area (Å²) in [5.74, 6) is 1.49. The number of aromatic amines is 1. The Balaban J connectivity index is 1.30. The van der Waals surface area contributed by atoms with Crippen LogP contribution in [0.4, 0.5) is 0 Å². The van der Waals surface area contributed by atoms with E-state index >= 15 is 0 Å². The molecule has 2 aliphatic rings. The summed E-state index contributed by atoms with van der Waals surface area (Å²) >= 11 is 0. The van der Waals surface area contributed by atoms with Gasteiger partial charge in [-0.1, -0.05) is 0 Å². The maximum Gasteiger partial charge on any atom is 0.255 e. The molecule has 2 amide bonds. The Bertz CT molecular complexity index is 1260. The first-order chi connectivity index (χ1) is 18.1. The highest BCUT2D eigenvalue weighted by Gasteiger charge is 2.32. The summed E-state index contributed by atoms with van der Waals surface area (Å²) in [5, 5.41) is 6.31. The van der Waals surface area contributed by atoms with Crippen molar-refractivity contribution in [3.63, 3.8) is 0 Å². The Morgan fingerprint density at radius 1 is 1.00 bits per heavy atom. The van der Waals surface area contributed by atoms with Crippen molar-refractivity contribution in [2.24, 2.45) is 5.92 Å². The third-order valence-electron chi connectivity index (χ3n) is 7.05. The lowest BCUT2D eigenvalue weighted by atomic mass is 9.91. The highest BCUT2D eigenvalue weighted by Crippen LogP contribution is 2.36. The number of carbonyl (C=O) groups excluding carboxylic acids is 2. The molecule has 0 atom stereocenters. The molecular weight excluding hydrogens is 474 g/mol. The van der Waals surface area contributed by atoms with Crippen LogP contribution in [-0.4, -0.2) is 66.3 Å². The van der Waals surface area contributed by atoms with Crippen LogP contribution in [0.2, 0.25) is 0 Å². The molecule has 2 saturated carbocycles. The fraction of sp³-hybridized carbons (Fsp3) is 0.481. The van der Waals surface area contributed by atoms with E-state index in [1.54, 1.807) is 26.5 Å². The molecule has 0 bridgehead atoms. The SMILES string of the molecule is COCCOc1cc(OC)ccc1-c1ncnc2c(C(=O)N[C@H]3CC[C@@H](NC(=O)C4CC4)CC3)c[nH]c12. The maximum absolute atomic E-state index is 13.2. The first kappa shape index (κ1) is 25.0. The first-order valence-corrected chi connectivity index (χ1v) is 12.8. The lowest BCUT2D eigenvalue weighted by Crippen LogP contribution is -2.44. The van der Waals surface area contributed by atoms with Crippen molar-refractivity contribution < 1.29 is 23.8 Å². The number of rotatable bonds is 10. The number of amides is 2. The van der Waals surface area contributed by atoms with Crippen molar-refractivity contribution >= 4 is 22.8 Å². The molecule has 2 aliphatic carbocycles. The lowest BCUT2D eigenvalue weighted by molar-refractivity contribution is -0.123. The number of ether oxygens (including phenoxy) is 3. The smallest absolute Gasteiger partial charge is 0.255 e. The largest absolute Gasteiger partial charge is 0.497 e. The molecule has 2 aromatic heterocycles. The van der Waals surface area contributed by atoms with Crippen molar-refractivity contribution in [3.8, 4) is 22.8 Å². The molecule has 3 N–H and O–H groups in total. The number of hydrogen-bond donors (Lipinski definition) is 3. The number of methoxy groups -OCH3 is 2. The van der Waals surface area contributed by atoms with Crippen LogP contribution in [0.3, 0.4) is 0 Å². The van der Waals surface area contributed by atoms with Gasteiger partial charge >= 0.3 is 0 Å². The van der Waals surface area contributed by atoms with Gasteiger partial charge in [-0.3, -0.25) is 9.59 Å². The first-order valence-electron chi connectivity index (χ1n) is 12.8. The molecule has 2 heterocycles. The highest BCUT2D eigenvalue weighted by atomic mass is 16.5. The zero-order valence-corrected chi connectivity index (χ0v) is 21.2. The van der Waals surface area contributed by atoms with Gasteiger partial charge in [-0.2, -0.15) is 0 Å². The van der Waals surface area contributed by atoms with Gasteiger partial charge in [0.15, 0.2) is 0 Å². The molecule has 0 radical (unpaired) electrons. The summed E-state index contributed by atoms with van der Waals surface area (Å²) in [6, 6.07) is 5.79. The third kappa shape index (κ3) is 5.69. The van der Waals surface area contributed by atoms with E-state index in [2.05, 4.69) is 25.6 Å². The zero-order valence-electron chi connectivity index (χ0n) is 21.2. The van der Waals surface area contributed by atoms with Crippen LogP contribution >= 0.6 is 0 Å². The van der Waals surface area contributed by atoms with Gasteiger partial charge in [0.05, 0.1) is 24.8 Å². The van der Waals surface area contributed by atoms with E-state index in [1.165, 1.54) is 6.33 Å². The standard InChI is InChI=1S/C27H33N5O5/c1-35-11-12-37-22-13-19(36-2)9-10-20(22)23-25-24(30-15-29-23)21(14-28-25)27(34)32-18-7-5-17(6-8-18)31-26(33)16-3-4-16/h9-10,13-18,28H,3-8,11-12H2,1-2H3,(H,31,33)(H,32,34)/t17-,18+. The van der Waals surface area contributed by atoms with Crippen LogP contribution in [0.15, 0.2) is 30.7 Å². The van der Waals surface area contributed by atoms with E-state index in [4.69, 9.17) is 14.2 Å². The molecule has 1 aromatic carbocycles. The Morgan fingerprint density at radius 3 is 2.46 bits per heavy atom. The van der Waals surface area contributed by atoms with Crippen LogP contribution in [0.1, 0.15) is 48.9 Å². The van der Waals surface area contributed by atoms with E-state index in [-0.39, 0.29) is 29.8 Å². The van der Waals surface area contributed by atoms with Crippen molar-refractivity contribution in [1.82, 2.24) is 25.6 Å². The van der Waals surface area contributed by atoms with Crippen LogP contribution in [0.5, 0.6) is 11.5 Å². The summed E-state index contributed by atoms with van der Waals surface area (Å²) in [4.78, 5) is 37.4. The van der Waals surface area contributed by atoms with Crippen molar-refractivity contribution in [3.05, 3.63) is 36.3 Å². The fourth-order valence-corrected chi connectivity index (χ4v) is 4.81. The van der Waals surface area contributed by atoms with Gasteiger partial charge in [-0.25, -0.2) is 9.97 Å². The second kappa shape index (κ2) is 11.2. The number of H-pyrrole nitrogens is 1. The Labute approximate surface area is 215 Å². The Morgan fingerprint density at radius 2 is 1.76 bits per heavy atom. The number of carbonyl (C=O) groups is 2. The minimum atomic E-state index is -0.173. The summed E-state index contributed by atoms with van der Waals surface area (Å²) in [6.07, 6.45) is 8.55. The second-order valence-corrected chi connectivity index (χ2v) is 9.66. The predicted octanol–water partition coefficient (Wildman–Crippen LogP) is 3.23. The molecule has 10 heteroatoms. The Kier molecular flexibility index (Phi) is 7.55. The molecule has 0 aliphatic heterocycles. The maximum atomic E-state index is 13.2. The quantitative estimate of drug-likeness (QED) is 0.360. The van der Waals surface area contributed by atoms with E-state index in [0.29, 0.717) is 47.0 Å². The van der Waals surface area contributed by atoms with Crippen LogP contribution in [0.25, 0.3) is 22.3 Å². The number of benzene rings is 1. The molecule has 0 unspecified atom stereocenters. The van der Waals surface area contributed by atoms with Gasteiger partial charge in [0, 0.05) is 42.9 Å². The van der Waals surface area contributed by atoms with Crippen LogP contribution < -0.4 is 20.1 Å². The van der Waals surface area contributed by atoms with Crippen LogP contribution in [-0.2, 0) is 9.53 Å². The number of aromatic nitrogens is 3. The van der Waals surface area contributed by atoms with Gasteiger partial charge < -0.3 is 29.8 Å². The average molecular weight is 508 g/mol. The second-order valence-electron chi connectivity index (χ2n) is 9.66. The Hall–Kier alpha value is -3.66. The van der Waals surface area contributed by atoms with E-state index in [0.717, 1.165) is 44.1 Å². The molecule has 0 saturated heterocycles. The number of fused-ring (bicyclic) bond motifs is 1. The predicted molar refractivity (Wildman–Crippen MR) is 138 cm³/mol. The zero-order chi connectivity index (χ0) is 25.8. The molecule has 37 heavy (non-hydrogen) atoms. The van der Waals surface area contributed by atoms with Crippen molar-refractivity contribution in [2.45, 2.75) is 50.6 Å². The van der Waals surface area contributed by atoms with E-state index < -0.39 is 0 Å². The summed E-state index contributed by atoms with van der Waals surface area (Å²) in [5.41, 5.74) is 3.06. The molecule has 10 nitrogen and oxygen atoms in total. The van der Waals surface area contributed by atoms with Gasteiger partial charge in [0.25, 0.3) is 5.91 Å². The normalized spacial score (nSPS) is 19.4. The topological polar surface area (TPSA) is 127 Å².